The van der Waals surface area contributed by atoms with Crippen molar-refractivity contribution >= 4 is 23.1 Å². The summed E-state index contributed by atoms with van der Waals surface area (Å²) in [4.78, 5) is 4.70. The lowest BCUT2D eigenvalue weighted by Crippen LogP contribution is -2.08. The Morgan fingerprint density at radius 2 is 2.00 bits per heavy atom. The number of anilines is 1. The van der Waals surface area contributed by atoms with Gasteiger partial charge >= 0.3 is 0 Å². The number of hydrogen-bond donors (Lipinski definition) is 1. The minimum atomic E-state index is 0.717. The van der Waals surface area contributed by atoms with Crippen molar-refractivity contribution in [1.29, 1.82) is 0 Å². The highest BCUT2D eigenvalue weighted by atomic mass is 35.5. The lowest BCUT2D eigenvalue weighted by Gasteiger charge is -2.09. The highest BCUT2D eigenvalue weighted by Gasteiger charge is 2.17. The Balaban J connectivity index is 2.17. The molecule has 3 rings (SSSR count). The normalized spacial score (nSPS) is 11.1. The molecule has 23 heavy (non-hydrogen) atoms. The fourth-order valence-electron chi connectivity index (χ4n) is 2.74. The van der Waals surface area contributed by atoms with Crippen molar-refractivity contribution < 1.29 is 0 Å². The maximum Gasteiger partial charge on any atom is 0.165 e. The molecule has 3 aromatic rings. The van der Waals surface area contributed by atoms with Crippen LogP contribution in [-0.2, 0) is 0 Å². The number of rotatable bonds is 5. The summed E-state index contributed by atoms with van der Waals surface area (Å²) in [5, 5.41) is 8.86. The molecule has 1 N–H and O–H groups in total. The second kappa shape index (κ2) is 6.59. The fraction of sp³-hybridized carbons (Fsp3) is 0.333. The third-order valence-electron chi connectivity index (χ3n) is 3.87. The van der Waals surface area contributed by atoms with E-state index in [4.69, 9.17) is 16.6 Å². The number of fused-ring (bicyclic) bond motifs is 1. The van der Waals surface area contributed by atoms with Crippen LogP contribution >= 0.6 is 11.6 Å². The first kappa shape index (κ1) is 15.8. The monoisotopic (exact) mass is 328 g/mol. The van der Waals surface area contributed by atoms with E-state index in [1.165, 1.54) is 0 Å². The van der Waals surface area contributed by atoms with E-state index in [0.29, 0.717) is 5.02 Å². The van der Waals surface area contributed by atoms with Gasteiger partial charge in [-0.25, -0.2) is 4.98 Å². The maximum atomic E-state index is 6.39. The first-order chi connectivity index (χ1) is 11.1. The Morgan fingerprint density at radius 1 is 1.22 bits per heavy atom. The molecule has 0 saturated carbocycles. The topological polar surface area (TPSA) is 42.2 Å². The summed E-state index contributed by atoms with van der Waals surface area (Å²) < 4.78 is 1.89. The number of aryl methyl sites for hydroxylation is 2. The van der Waals surface area contributed by atoms with Crippen LogP contribution in [0.1, 0.15) is 31.2 Å². The molecule has 2 heterocycles. The summed E-state index contributed by atoms with van der Waals surface area (Å²) in [6.07, 6.45) is 2.28. The second-order valence-corrected chi connectivity index (χ2v) is 6.15. The third kappa shape index (κ3) is 3.04. The number of halogens is 1. The molecular weight excluding hydrogens is 308 g/mol. The van der Waals surface area contributed by atoms with E-state index in [2.05, 4.69) is 17.3 Å². The SMILES string of the molecule is CCCCNc1cc(C)nc2c(-c3ccccc3Cl)c(C)nn12. The molecule has 0 aliphatic heterocycles. The predicted molar refractivity (Wildman–Crippen MR) is 96.3 cm³/mol. The molecule has 0 fully saturated rings. The molecule has 0 unspecified atom stereocenters. The number of benzene rings is 1. The van der Waals surface area contributed by atoms with Crippen LogP contribution in [0.3, 0.4) is 0 Å². The van der Waals surface area contributed by atoms with Crippen LogP contribution in [0.5, 0.6) is 0 Å². The van der Waals surface area contributed by atoms with Crippen molar-refractivity contribution in [2.45, 2.75) is 33.6 Å². The van der Waals surface area contributed by atoms with E-state index < -0.39 is 0 Å². The van der Waals surface area contributed by atoms with Crippen molar-refractivity contribution in [3.05, 3.63) is 46.7 Å². The molecule has 0 amide bonds. The van der Waals surface area contributed by atoms with Gasteiger partial charge in [0.2, 0.25) is 0 Å². The van der Waals surface area contributed by atoms with Gasteiger partial charge in [0, 0.05) is 28.9 Å². The van der Waals surface area contributed by atoms with Gasteiger partial charge in [-0.1, -0.05) is 43.1 Å². The molecule has 1 aromatic carbocycles. The zero-order valence-corrected chi connectivity index (χ0v) is 14.5. The summed E-state index contributed by atoms with van der Waals surface area (Å²) in [5.41, 5.74) is 4.70. The molecule has 5 heteroatoms. The minimum Gasteiger partial charge on any atom is -0.370 e. The van der Waals surface area contributed by atoms with Crippen molar-refractivity contribution in [1.82, 2.24) is 14.6 Å². The molecule has 0 spiro atoms. The molecule has 0 atom stereocenters. The quantitative estimate of drug-likeness (QED) is 0.679. The standard InChI is InChI=1S/C18H21ClN4/c1-4-5-10-20-16-11-12(2)21-18-17(13(3)22-23(16)18)14-8-6-7-9-15(14)19/h6-9,11,20H,4-5,10H2,1-3H3. The molecule has 0 aliphatic carbocycles. The van der Waals surface area contributed by atoms with E-state index in [1.54, 1.807) is 0 Å². The summed E-state index contributed by atoms with van der Waals surface area (Å²) in [6, 6.07) is 9.87. The molecule has 2 aromatic heterocycles. The molecular formula is C18H21ClN4. The zero-order chi connectivity index (χ0) is 16.4. The molecule has 4 nitrogen and oxygen atoms in total. The zero-order valence-electron chi connectivity index (χ0n) is 13.7. The molecule has 120 valence electrons. The number of unbranched alkanes of at least 4 members (excludes halogenated alkanes) is 1. The van der Waals surface area contributed by atoms with Gasteiger partial charge in [0.05, 0.1) is 11.3 Å². The third-order valence-corrected chi connectivity index (χ3v) is 4.20. The van der Waals surface area contributed by atoms with Crippen LogP contribution in [0.2, 0.25) is 5.02 Å². The van der Waals surface area contributed by atoms with Crippen molar-refractivity contribution in [3.8, 4) is 11.1 Å². The van der Waals surface area contributed by atoms with Gasteiger partial charge in [0.25, 0.3) is 0 Å². The number of nitrogens with one attached hydrogen (secondary N) is 1. The van der Waals surface area contributed by atoms with Gasteiger partial charge in [0.15, 0.2) is 5.65 Å². The Hall–Kier alpha value is -2.07. The molecule has 0 bridgehead atoms. The molecule has 0 saturated heterocycles. The van der Waals surface area contributed by atoms with Crippen LogP contribution in [0.15, 0.2) is 30.3 Å². The maximum absolute atomic E-state index is 6.39. The van der Waals surface area contributed by atoms with Crippen molar-refractivity contribution in [3.63, 3.8) is 0 Å². The van der Waals surface area contributed by atoms with E-state index >= 15 is 0 Å². The average molecular weight is 329 g/mol. The van der Waals surface area contributed by atoms with Crippen LogP contribution in [-0.4, -0.2) is 21.1 Å². The summed E-state index contributed by atoms with van der Waals surface area (Å²) >= 11 is 6.39. The molecule has 0 radical (unpaired) electrons. The summed E-state index contributed by atoms with van der Waals surface area (Å²) in [7, 11) is 0. The highest BCUT2D eigenvalue weighted by Crippen LogP contribution is 2.33. The Kier molecular flexibility index (Phi) is 4.53. The number of aromatic nitrogens is 3. The minimum absolute atomic E-state index is 0.717. The van der Waals surface area contributed by atoms with E-state index in [-0.39, 0.29) is 0 Å². The van der Waals surface area contributed by atoms with E-state index in [1.807, 2.05) is 48.7 Å². The lowest BCUT2D eigenvalue weighted by atomic mass is 10.1. The predicted octanol–water partition coefficient (Wildman–Crippen LogP) is 4.88. The van der Waals surface area contributed by atoms with Crippen molar-refractivity contribution in [2.24, 2.45) is 0 Å². The largest absolute Gasteiger partial charge is 0.370 e. The van der Waals surface area contributed by atoms with Gasteiger partial charge in [-0.2, -0.15) is 9.61 Å². The Morgan fingerprint density at radius 3 is 2.74 bits per heavy atom. The second-order valence-electron chi connectivity index (χ2n) is 5.74. The molecule has 0 aliphatic rings. The summed E-state index contributed by atoms with van der Waals surface area (Å²) in [5.74, 6) is 0.974. The van der Waals surface area contributed by atoms with Crippen LogP contribution in [0.4, 0.5) is 5.82 Å². The first-order valence-electron chi connectivity index (χ1n) is 7.97. The smallest absolute Gasteiger partial charge is 0.165 e. The van der Waals surface area contributed by atoms with Gasteiger partial charge in [-0.15, -0.1) is 0 Å². The summed E-state index contributed by atoms with van der Waals surface area (Å²) in [6.45, 7) is 7.11. The van der Waals surface area contributed by atoms with E-state index in [9.17, 15) is 0 Å². The average Bonchev–Trinajstić information content (AvgIpc) is 2.84. The van der Waals surface area contributed by atoms with Gasteiger partial charge in [0.1, 0.15) is 5.82 Å². The highest BCUT2D eigenvalue weighted by molar-refractivity contribution is 6.33. The van der Waals surface area contributed by atoms with E-state index in [0.717, 1.165) is 53.4 Å². The van der Waals surface area contributed by atoms with Crippen LogP contribution in [0, 0.1) is 13.8 Å². The van der Waals surface area contributed by atoms with Gasteiger partial charge in [-0.05, 0) is 26.3 Å². The lowest BCUT2D eigenvalue weighted by molar-refractivity contribution is 0.817. The first-order valence-corrected chi connectivity index (χ1v) is 8.35. The van der Waals surface area contributed by atoms with Crippen molar-refractivity contribution in [2.75, 3.05) is 11.9 Å². The van der Waals surface area contributed by atoms with Gasteiger partial charge in [-0.3, -0.25) is 0 Å². The Labute approximate surface area is 141 Å². The van der Waals surface area contributed by atoms with Crippen LogP contribution < -0.4 is 5.32 Å². The number of hydrogen-bond acceptors (Lipinski definition) is 3. The van der Waals surface area contributed by atoms with Gasteiger partial charge < -0.3 is 5.32 Å². The Bertz CT molecular complexity index is 838. The number of nitrogens with zero attached hydrogens (tertiary/aromatic N) is 3. The van der Waals surface area contributed by atoms with Crippen LogP contribution in [0.25, 0.3) is 16.8 Å². The fourth-order valence-corrected chi connectivity index (χ4v) is 2.97.